The number of para-hydroxylation sites is 1. The largest absolute Gasteiger partial charge is 0.481 e. The highest BCUT2D eigenvalue weighted by Crippen LogP contribution is 2.23. The lowest BCUT2D eigenvalue weighted by molar-refractivity contribution is 0.182. The Labute approximate surface area is 174 Å². The van der Waals surface area contributed by atoms with Crippen LogP contribution in [0.1, 0.15) is 12.5 Å². The zero-order valence-corrected chi connectivity index (χ0v) is 17.4. The molecule has 0 aliphatic rings. The van der Waals surface area contributed by atoms with Crippen molar-refractivity contribution in [1.29, 1.82) is 0 Å². The van der Waals surface area contributed by atoms with Crippen LogP contribution in [0, 0.1) is 11.8 Å². The van der Waals surface area contributed by atoms with E-state index in [0.717, 1.165) is 0 Å². The maximum absolute atomic E-state index is 12.8. The minimum Gasteiger partial charge on any atom is -0.481 e. The molecule has 2 aromatic rings. The maximum atomic E-state index is 12.8. The highest BCUT2D eigenvalue weighted by Gasteiger charge is 2.29. The molecular formula is C18H21N5O6S. The van der Waals surface area contributed by atoms with E-state index in [-0.39, 0.29) is 35.6 Å². The SMILES string of the molecule is CCOCC#Cc1ccccc1N(C(=O)Nc1nc(OC)cc(OC)n1)S(N)(=O)=O. The van der Waals surface area contributed by atoms with Crippen LogP contribution < -0.4 is 24.2 Å². The van der Waals surface area contributed by atoms with Gasteiger partial charge in [0.05, 0.1) is 26.0 Å². The van der Waals surface area contributed by atoms with Crippen molar-refractivity contribution in [3.8, 4) is 23.6 Å². The summed E-state index contributed by atoms with van der Waals surface area (Å²) in [4.78, 5) is 20.7. The van der Waals surface area contributed by atoms with Crippen LogP contribution >= 0.6 is 0 Å². The number of ether oxygens (including phenoxy) is 3. The predicted octanol–water partition coefficient (Wildman–Crippen LogP) is 1.12. The summed E-state index contributed by atoms with van der Waals surface area (Å²) < 4.78 is 40.0. The van der Waals surface area contributed by atoms with Crippen LogP contribution in [-0.2, 0) is 14.9 Å². The summed E-state index contributed by atoms with van der Waals surface area (Å²) in [7, 11) is -1.80. The first-order chi connectivity index (χ1) is 14.3. The number of carbonyl (C=O) groups excluding carboxylic acids is 1. The fraction of sp³-hybridized carbons (Fsp3) is 0.278. The van der Waals surface area contributed by atoms with Crippen molar-refractivity contribution < 1.29 is 27.4 Å². The number of nitrogens with one attached hydrogen (secondary N) is 1. The Hall–Kier alpha value is -3.40. The molecule has 0 fully saturated rings. The normalized spacial score (nSPS) is 10.5. The van der Waals surface area contributed by atoms with E-state index in [4.69, 9.17) is 19.3 Å². The van der Waals surface area contributed by atoms with Gasteiger partial charge in [0.15, 0.2) is 0 Å². The average molecular weight is 435 g/mol. The lowest BCUT2D eigenvalue weighted by Crippen LogP contribution is -2.44. The molecule has 0 aliphatic carbocycles. The molecule has 1 heterocycles. The van der Waals surface area contributed by atoms with Gasteiger partial charge in [-0.05, 0) is 19.1 Å². The summed E-state index contributed by atoms with van der Waals surface area (Å²) in [6, 6.07) is 6.39. The molecule has 0 spiro atoms. The number of amides is 2. The molecule has 0 aliphatic heterocycles. The molecule has 1 aromatic carbocycles. The summed E-state index contributed by atoms with van der Waals surface area (Å²) in [5, 5.41) is 7.57. The lowest BCUT2D eigenvalue weighted by Gasteiger charge is -2.21. The molecule has 2 amide bonds. The molecule has 2 rings (SSSR count). The van der Waals surface area contributed by atoms with Crippen LogP contribution in [-0.4, -0.2) is 51.9 Å². The molecule has 0 bridgehead atoms. The molecule has 12 heteroatoms. The molecule has 1 aromatic heterocycles. The molecule has 3 N–H and O–H groups in total. The van der Waals surface area contributed by atoms with E-state index < -0.39 is 16.2 Å². The lowest BCUT2D eigenvalue weighted by atomic mass is 10.2. The fourth-order valence-corrected chi connectivity index (χ4v) is 2.93. The Bertz CT molecular complexity index is 1040. The fourth-order valence-electron chi connectivity index (χ4n) is 2.22. The van der Waals surface area contributed by atoms with Crippen molar-refractivity contribution in [2.24, 2.45) is 5.14 Å². The van der Waals surface area contributed by atoms with E-state index in [9.17, 15) is 13.2 Å². The summed E-state index contributed by atoms with van der Waals surface area (Å²) >= 11 is 0. The third-order valence-corrected chi connectivity index (χ3v) is 4.35. The van der Waals surface area contributed by atoms with E-state index in [1.807, 2.05) is 6.92 Å². The summed E-state index contributed by atoms with van der Waals surface area (Å²) in [5.41, 5.74) is 0.210. The Morgan fingerprint density at radius 2 is 1.83 bits per heavy atom. The van der Waals surface area contributed by atoms with Crippen LogP contribution in [0.25, 0.3) is 0 Å². The molecule has 0 atom stereocenters. The number of rotatable bonds is 7. The number of benzene rings is 1. The molecule has 0 radical (unpaired) electrons. The molecule has 0 unspecified atom stereocenters. The van der Waals surface area contributed by atoms with Gasteiger partial charge in [-0.1, -0.05) is 24.0 Å². The smallest absolute Gasteiger partial charge is 0.343 e. The number of nitrogens with zero attached hydrogens (tertiary/aromatic N) is 3. The van der Waals surface area contributed by atoms with Crippen molar-refractivity contribution in [2.75, 3.05) is 37.1 Å². The van der Waals surface area contributed by atoms with Gasteiger partial charge in [-0.15, -0.1) is 0 Å². The topological polar surface area (TPSA) is 146 Å². The first-order valence-corrected chi connectivity index (χ1v) is 10.1. The van der Waals surface area contributed by atoms with Gasteiger partial charge >= 0.3 is 16.2 Å². The summed E-state index contributed by atoms with van der Waals surface area (Å²) in [6.45, 7) is 2.44. The van der Waals surface area contributed by atoms with Crippen molar-refractivity contribution in [1.82, 2.24) is 9.97 Å². The van der Waals surface area contributed by atoms with Crippen LogP contribution in [0.2, 0.25) is 0 Å². The third kappa shape index (κ3) is 6.05. The third-order valence-electron chi connectivity index (χ3n) is 3.48. The number of aromatic nitrogens is 2. The highest BCUT2D eigenvalue weighted by molar-refractivity contribution is 7.91. The predicted molar refractivity (Wildman–Crippen MR) is 110 cm³/mol. The zero-order chi connectivity index (χ0) is 22.1. The average Bonchev–Trinajstić information content (AvgIpc) is 2.71. The minimum atomic E-state index is -4.52. The number of hydrogen-bond acceptors (Lipinski definition) is 8. The Kier molecular flexibility index (Phi) is 7.93. The summed E-state index contributed by atoms with van der Waals surface area (Å²) in [6.07, 6.45) is 0. The van der Waals surface area contributed by atoms with Crippen molar-refractivity contribution in [2.45, 2.75) is 6.92 Å². The van der Waals surface area contributed by atoms with E-state index in [1.165, 1.54) is 26.4 Å². The Balaban J connectivity index is 2.43. The van der Waals surface area contributed by atoms with Crippen molar-refractivity contribution in [3.63, 3.8) is 0 Å². The van der Waals surface area contributed by atoms with Crippen molar-refractivity contribution >= 4 is 27.9 Å². The molecule has 11 nitrogen and oxygen atoms in total. The molecular weight excluding hydrogens is 414 g/mol. The van der Waals surface area contributed by atoms with Gasteiger partial charge in [0.2, 0.25) is 17.7 Å². The monoisotopic (exact) mass is 435 g/mol. The number of hydrogen-bond donors (Lipinski definition) is 2. The summed E-state index contributed by atoms with van der Waals surface area (Å²) in [5.74, 6) is 5.46. The number of anilines is 2. The first-order valence-electron chi connectivity index (χ1n) is 8.56. The van der Waals surface area contributed by atoms with Gasteiger partial charge < -0.3 is 14.2 Å². The number of methoxy groups -OCH3 is 2. The second kappa shape index (κ2) is 10.4. The minimum absolute atomic E-state index is 0.0450. The Morgan fingerprint density at radius 1 is 1.20 bits per heavy atom. The van der Waals surface area contributed by atoms with Crippen LogP contribution in [0.15, 0.2) is 30.3 Å². The quantitative estimate of drug-likeness (QED) is 0.486. The van der Waals surface area contributed by atoms with E-state index in [1.54, 1.807) is 18.2 Å². The van der Waals surface area contributed by atoms with Crippen LogP contribution in [0.4, 0.5) is 16.4 Å². The zero-order valence-electron chi connectivity index (χ0n) is 16.6. The molecule has 160 valence electrons. The van der Waals surface area contributed by atoms with Gasteiger partial charge in [0.25, 0.3) is 0 Å². The highest BCUT2D eigenvalue weighted by atomic mass is 32.2. The van der Waals surface area contributed by atoms with Crippen LogP contribution in [0.5, 0.6) is 11.8 Å². The van der Waals surface area contributed by atoms with Crippen LogP contribution in [0.3, 0.4) is 0 Å². The number of urea groups is 1. The van der Waals surface area contributed by atoms with Gasteiger partial charge in [-0.2, -0.15) is 22.7 Å². The van der Waals surface area contributed by atoms with Gasteiger partial charge in [0, 0.05) is 12.2 Å². The number of carbonyl (C=O) groups is 1. The van der Waals surface area contributed by atoms with E-state index in [2.05, 4.69) is 27.1 Å². The van der Waals surface area contributed by atoms with Crippen molar-refractivity contribution in [3.05, 3.63) is 35.9 Å². The van der Waals surface area contributed by atoms with Gasteiger partial charge in [-0.3, -0.25) is 5.32 Å². The molecule has 30 heavy (non-hydrogen) atoms. The first kappa shape index (κ1) is 22.9. The molecule has 0 saturated carbocycles. The Morgan fingerprint density at radius 3 is 2.40 bits per heavy atom. The number of nitrogens with two attached hydrogens (primary N) is 1. The van der Waals surface area contributed by atoms with E-state index >= 15 is 0 Å². The van der Waals surface area contributed by atoms with Gasteiger partial charge in [-0.25, -0.2) is 9.93 Å². The van der Waals surface area contributed by atoms with Gasteiger partial charge in [0.1, 0.15) is 6.61 Å². The standard InChI is InChI=1S/C18H21N5O6S/c1-4-29-11-7-9-13-8-5-6-10-14(13)23(30(19,25)26)18(24)22-17-20-15(27-2)12-16(21-17)28-3/h5-6,8,10,12H,4,11H2,1-3H3,(H2,19,25,26)(H,20,21,22,24). The molecule has 0 saturated heterocycles. The second-order valence-electron chi connectivity index (χ2n) is 5.47. The maximum Gasteiger partial charge on any atom is 0.343 e. The second-order valence-corrected chi connectivity index (χ2v) is 6.87. The van der Waals surface area contributed by atoms with E-state index in [0.29, 0.717) is 10.9 Å².